The van der Waals surface area contributed by atoms with Gasteiger partial charge in [-0.15, -0.1) is 0 Å². The third-order valence-corrected chi connectivity index (χ3v) is 14.2. The fourth-order valence-corrected chi connectivity index (χ4v) is 7.88. The molecule has 452 valence electrons. The van der Waals surface area contributed by atoms with E-state index in [4.69, 9.17) is 5.73 Å². The van der Waals surface area contributed by atoms with Crippen LogP contribution in [-0.4, -0.2) is 278 Å². The van der Waals surface area contributed by atoms with Crippen LogP contribution >= 0.6 is 0 Å². The molecule has 0 aliphatic rings. The number of primary amides is 1. The number of carbonyl (C=O) groups is 10. The average Bonchev–Trinajstić information content (AvgIpc) is 3.40. The molecule has 0 spiro atoms. The van der Waals surface area contributed by atoms with Gasteiger partial charge in [0.2, 0.25) is 59.1 Å². The van der Waals surface area contributed by atoms with Crippen molar-refractivity contribution in [3.05, 3.63) is 0 Å². The van der Waals surface area contributed by atoms with E-state index in [2.05, 4.69) is 5.32 Å². The quantitative estimate of drug-likeness (QED) is 0.0425. The highest BCUT2D eigenvalue weighted by atomic mass is 16.3. The van der Waals surface area contributed by atoms with Crippen molar-refractivity contribution in [2.45, 2.75) is 165 Å². The lowest BCUT2D eigenvalue weighted by Gasteiger charge is -2.36. The van der Waals surface area contributed by atoms with E-state index in [-0.39, 0.29) is 77.3 Å². The van der Waals surface area contributed by atoms with Crippen LogP contribution in [0.4, 0.5) is 0 Å². The molecule has 0 saturated heterocycles. The van der Waals surface area contributed by atoms with E-state index in [0.29, 0.717) is 32.1 Å². The second kappa shape index (κ2) is 39.8. The summed E-state index contributed by atoms with van der Waals surface area (Å²) in [5.74, 6) is -6.48. The summed E-state index contributed by atoms with van der Waals surface area (Å²) in [4.78, 5) is 147. The molecule has 0 radical (unpaired) electrons. The van der Waals surface area contributed by atoms with Gasteiger partial charge in [-0.2, -0.15) is 0 Å². The fraction of sp³-hybridized carbons (Fsp3) is 0.811. The van der Waals surface area contributed by atoms with Crippen molar-refractivity contribution in [3.8, 4) is 0 Å². The summed E-state index contributed by atoms with van der Waals surface area (Å²) in [6, 6.07) is -2.29. The first-order chi connectivity index (χ1) is 36.3. The lowest BCUT2D eigenvalue weighted by molar-refractivity contribution is -0.151. The fourth-order valence-electron chi connectivity index (χ4n) is 7.88. The van der Waals surface area contributed by atoms with Gasteiger partial charge in [0.25, 0.3) is 0 Å². The van der Waals surface area contributed by atoms with E-state index in [1.54, 1.807) is 55.4 Å². The summed E-state index contributed by atoms with van der Waals surface area (Å²) >= 11 is 0. The van der Waals surface area contributed by atoms with Crippen LogP contribution in [0.1, 0.15) is 129 Å². The van der Waals surface area contributed by atoms with Crippen molar-refractivity contribution in [1.29, 1.82) is 0 Å². The summed E-state index contributed by atoms with van der Waals surface area (Å²) in [6.45, 7) is 13.3. The van der Waals surface area contributed by atoms with Crippen molar-refractivity contribution >= 4 is 59.1 Å². The zero-order chi connectivity index (χ0) is 59.1. The molecule has 0 rings (SSSR count). The maximum Gasteiger partial charge on any atom is 0.242 e. The number of hydrogen-bond donors (Lipinski definition) is 6. The molecule has 0 aromatic heterocycles. The Morgan fingerprint density at radius 3 is 0.808 bits per heavy atom. The van der Waals surface area contributed by atoms with Crippen LogP contribution in [0.3, 0.4) is 0 Å². The standard InChI is InChI=1S/C52H97N11O14.CH4/c1-13-37(7)54-27-44(69)60(39(9)15-3)33-47(72)55(19-23-64)29-45(70)58(22-26-67)32-50(75)63(42(12)18-6)36-52(77)61(40(10)16-4)34-48(73)56(20-24-65)30-46(71)57(21-25-66)31-49(74)62(41(11)17-5)35-51(76)59(28-43(53)68)38(8)14-2;/h37-42,54,64-67H,13-36H2,1-12H3,(H2,53,68);1H4/t37-,38-,39-,40-,41-,42-;/m1./s1. The topological polar surface area (TPSA) is 319 Å². The summed E-state index contributed by atoms with van der Waals surface area (Å²) in [5.41, 5.74) is 5.42. The van der Waals surface area contributed by atoms with Gasteiger partial charge in [-0.1, -0.05) is 49.0 Å². The van der Waals surface area contributed by atoms with Crippen LogP contribution in [0.2, 0.25) is 0 Å². The Labute approximate surface area is 464 Å². The van der Waals surface area contributed by atoms with Gasteiger partial charge in [0.05, 0.1) is 65.7 Å². The van der Waals surface area contributed by atoms with Crippen LogP contribution in [0.25, 0.3) is 0 Å². The van der Waals surface area contributed by atoms with Gasteiger partial charge in [-0.3, -0.25) is 47.9 Å². The first kappa shape index (κ1) is 74.6. The molecule has 0 aromatic rings. The van der Waals surface area contributed by atoms with Gasteiger partial charge >= 0.3 is 0 Å². The molecular formula is C53H101N11O14. The highest BCUT2D eigenvalue weighted by Gasteiger charge is 2.34. The molecular weight excluding hydrogens is 1010 g/mol. The second-order valence-electron chi connectivity index (χ2n) is 19.7. The predicted molar refractivity (Wildman–Crippen MR) is 296 cm³/mol. The number of aliphatic hydroxyl groups excluding tert-OH is 4. The largest absolute Gasteiger partial charge is 0.395 e. The minimum Gasteiger partial charge on any atom is -0.395 e. The Bertz CT molecular complexity index is 1880. The van der Waals surface area contributed by atoms with Crippen LogP contribution in [0.15, 0.2) is 0 Å². The summed E-state index contributed by atoms with van der Waals surface area (Å²) in [7, 11) is 0. The van der Waals surface area contributed by atoms with Gasteiger partial charge in [-0.05, 0) is 80.1 Å². The number of hydrogen-bond acceptors (Lipinski definition) is 15. The maximum absolute atomic E-state index is 14.3. The van der Waals surface area contributed by atoms with E-state index < -0.39 is 144 Å². The maximum atomic E-state index is 14.3. The van der Waals surface area contributed by atoms with Gasteiger partial charge in [-0.25, -0.2) is 0 Å². The lowest BCUT2D eigenvalue weighted by atomic mass is 10.1. The first-order valence-electron chi connectivity index (χ1n) is 27.3. The molecule has 0 aromatic carbocycles. The van der Waals surface area contributed by atoms with E-state index in [9.17, 15) is 68.4 Å². The van der Waals surface area contributed by atoms with Crippen molar-refractivity contribution in [1.82, 2.24) is 49.4 Å². The van der Waals surface area contributed by atoms with E-state index >= 15 is 0 Å². The highest BCUT2D eigenvalue weighted by molar-refractivity contribution is 5.94. The molecule has 25 heteroatoms. The molecule has 7 N–H and O–H groups in total. The summed E-state index contributed by atoms with van der Waals surface area (Å²) < 4.78 is 0. The smallest absolute Gasteiger partial charge is 0.242 e. The Morgan fingerprint density at radius 2 is 0.564 bits per heavy atom. The van der Waals surface area contributed by atoms with E-state index in [0.717, 1.165) is 26.0 Å². The third-order valence-electron chi connectivity index (χ3n) is 14.2. The van der Waals surface area contributed by atoms with Crippen molar-refractivity contribution in [2.75, 3.05) is 118 Å². The number of amides is 10. The van der Waals surface area contributed by atoms with Crippen molar-refractivity contribution in [2.24, 2.45) is 5.73 Å². The van der Waals surface area contributed by atoms with Crippen LogP contribution in [0, 0.1) is 0 Å². The second-order valence-corrected chi connectivity index (χ2v) is 19.7. The van der Waals surface area contributed by atoms with Gasteiger partial charge in [0.15, 0.2) is 0 Å². The number of nitrogens with one attached hydrogen (secondary N) is 1. The Morgan fingerprint density at radius 1 is 0.346 bits per heavy atom. The molecule has 0 fully saturated rings. The molecule has 6 atom stereocenters. The molecule has 78 heavy (non-hydrogen) atoms. The number of rotatable bonds is 40. The Balaban J connectivity index is 0. The molecule has 10 amide bonds. The van der Waals surface area contributed by atoms with Crippen LogP contribution in [-0.2, 0) is 47.9 Å². The van der Waals surface area contributed by atoms with E-state index in [1.807, 2.05) is 27.7 Å². The normalized spacial score (nSPS) is 13.3. The molecule has 0 bridgehead atoms. The van der Waals surface area contributed by atoms with Gasteiger partial charge < -0.3 is 75.6 Å². The molecule has 0 aliphatic carbocycles. The number of aliphatic hydroxyl groups is 4. The number of nitrogens with two attached hydrogens (primary N) is 1. The summed E-state index contributed by atoms with van der Waals surface area (Å²) in [6.07, 6.45) is 2.98. The van der Waals surface area contributed by atoms with Crippen molar-refractivity contribution in [3.63, 3.8) is 0 Å². The minimum absolute atomic E-state index is 0. The minimum atomic E-state index is -0.784. The monoisotopic (exact) mass is 1120 g/mol. The first-order valence-corrected chi connectivity index (χ1v) is 27.3. The zero-order valence-electron chi connectivity index (χ0n) is 48.4. The van der Waals surface area contributed by atoms with Crippen LogP contribution in [0.5, 0.6) is 0 Å². The summed E-state index contributed by atoms with van der Waals surface area (Å²) in [5, 5.41) is 43.0. The predicted octanol–water partition coefficient (Wildman–Crippen LogP) is -1.09. The lowest BCUT2D eigenvalue weighted by Crippen LogP contribution is -2.56. The molecule has 0 aliphatic heterocycles. The third kappa shape index (κ3) is 25.5. The number of nitrogens with zero attached hydrogens (tertiary/aromatic N) is 9. The van der Waals surface area contributed by atoms with Crippen LogP contribution < -0.4 is 11.1 Å². The Kier molecular flexibility index (Phi) is 38.0. The van der Waals surface area contributed by atoms with Gasteiger partial charge in [0, 0.05) is 62.4 Å². The molecule has 25 nitrogen and oxygen atoms in total. The van der Waals surface area contributed by atoms with E-state index in [1.165, 1.54) is 24.5 Å². The Hall–Kier alpha value is -5.50. The SMILES string of the molecule is C.CC[C@@H](C)NCC(=O)N(CC(=O)N(CCO)CC(=O)N(CCO)CC(=O)N(CC(=O)N(CC(=O)N(CCO)CC(=O)N(CCO)CC(=O)N(CC(=O)N(CC(N)=O)[C@H](C)CC)[C@H](C)CC)[C@H](C)CC)[C@H](C)CC)[C@H](C)CC. The molecule has 0 heterocycles. The van der Waals surface area contributed by atoms with Gasteiger partial charge in [0.1, 0.15) is 26.2 Å². The molecule has 0 saturated carbocycles. The number of carbonyl (C=O) groups excluding carboxylic acids is 10. The zero-order valence-corrected chi connectivity index (χ0v) is 48.4. The highest BCUT2D eigenvalue weighted by Crippen LogP contribution is 2.14. The molecule has 0 unspecified atom stereocenters. The van der Waals surface area contributed by atoms with Crippen molar-refractivity contribution < 1.29 is 68.4 Å². The average molecular weight is 1120 g/mol.